The van der Waals surface area contributed by atoms with E-state index in [9.17, 15) is 9.32 Å². The highest BCUT2D eigenvalue weighted by Gasteiger charge is 2.53. The van der Waals surface area contributed by atoms with Crippen LogP contribution in [0.25, 0.3) is 0 Å². The van der Waals surface area contributed by atoms with Gasteiger partial charge in [-0.1, -0.05) is 25.2 Å². The van der Waals surface area contributed by atoms with E-state index in [4.69, 9.17) is 0 Å². The largest absolute Gasteiger partial charge is 0.385 e. The Morgan fingerprint density at radius 2 is 2.33 bits per heavy atom. The maximum atomic E-state index is 12.2. The van der Waals surface area contributed by atoms with Gasteiger partial charge in [-0.3, -0.25) is 4.21 Å². The molecule has 1 aliphatic heterocycles. The highest BCUT2D eigenvalue weighted by molar-refractivity contribution is 8.03. The standard InChI is InChI=1S/C12H18O2S/c1-4-6-12(13)8-9(2)11-10(12)5-7-15(11,3)14/h4-7,9-11,13H,3,8H2,1-2H3/b6-4+/t9-,10+,11+,12-,15?/m1/s1. The van der Waals surface area contributed by atoms with Crippen LogP contribution in [0.1, 0.15) is 20.3 Å². The lowest BCUT2D eigenvalue weighted by atomic mass is 9.90. The topological polar surface area (TPSA) is 37.3 Å². The fourth-order valence-electron chi connectivity index (χ4n) is 3.10. The van der Waals surface area contributed by atoms with Crippen LogP contribution in [0.4, 0.5) is 0 Å². The Kier molecular flexibility index (Phi) is 2.36. The first-order chi connectivity index (χ1) is 6.91. The summed E-state index contributed by atoms with van der Waals surface area (Å²) >= 11 is 0. The summed E-state index contributed by atoms with van der Waals surface area (Å²) in [5.74, 6) is 4.03. The highest BCUT2D eigenvalue weighted by atomic mass is 32.2. The van der Waals surface area contributed by atoms with E-state index < -0.39 is 15.1 Å². The molecular weight excluding hydrogens is 208 g/mol. The van der Waals surface area contributed by atoms with Gasteiger partial charge < -0.3 is 5.11 Å². The first kappa shape index (κ1) is 11.0. The summed E-state index contributed by atoms with van der Waals surface area (Å²) < 4.78 is 12.2. The van der Waals surface area contributed by atoms with Crippen molar-refractivity contribution in [1.29, 1.82) is 0 Å². The first-order valence-corrected chi connectivity index (χ1v) is 7.16. The van der Waals surface area contributed by atoms with E-state index in [1.807, 2.05) is 25.2 Å². The molecule has 5 atom stereocenters. The van der Waals surface area contributed by atoms with Crippen LogP contribution in [0.2, 0.25) is 0 Å². The minimum absolute atomic E-state index is 0.0127. The van der Waals surface area contributed by atoms with Crippen molar-refractivity contribution in [3.05, 3.63) is 23.6 Å². The molecule has 0 aromatic heterocycles. The minimum atomic E-state index is -2.14. The summed E-state index contributed by atoms with van der Waals surface area (Å²) in [5.41, 5.74) is -0.813. The number of hydrogen-bond acceptors (Lipinski definition) is 2. The lowest BCUT2D eigenvalue weighted by Crippen LogP contribution is -2.33. The van der Waals surface area contributed by atoms with Crippen LogP contribution in [-0.4, -0.2) is 26.0 Å². The third-order valence-electron chi connectivity index (χ3n) is 3.57. The van der Waals surface area contributed by atoms with Crippen LogP contribution in [0.15, 0.2) is 23.6 Å². The molecule has 1 heterocycles. The van der Waals surface area contributed by atoms with Crippen LogP contribution in [-0.2, 0) is 9.52 Å². The molecule has 1 N–H and O–H groups in total. The molecular formula is C12H18O2S. The van der Waals surface area contributed by atoms with Gasteiger partial charge in [-0.05, 0) is 40.1 Å². The van der Waals surface area contributed by atoms with Gasteiger partial charge in [0, 0.05) is 11.2 Å². The van der Waals surface area contributed by atoms with Crippen molar-refractivity contribution >= 4 is 15.4 Å². The highest BCUT2D eigenvalue weighted by Crippen LogP contribution is 2.48. The molecule has 84 valence electrons. The second kappa shape index (κ2) is 3.22. The number of allylic oxidation sites excluding steroid dienone is 1. The Morgan fingerprint density at radius 3 is 2.93 bits per heavy atom. The zero-order valence-corrected chi connectivity index (χ0v) is 10.0. The zero-order chi connectivity index (χ0) is 11.3. The van der Waals surface area contributed by atoms with Crippen LogP contribution in [0, 0.1) is 11.8 Å². The van der Waals surface area contributed by atoms with Gasteiger partial charge in [0.05, 0.1) is 5.60 Å². The van der Waals surface area contributed by atoms with Gasteiger partial charge in [0.2, 0.25) is 0 Å². The van der Waals surface area contributed by atoms with Gasteiger partial charge in [-0.25, -0.2) is 0 Å². The van der Waals surface area contributed by atoms with E-state index in [0.29, 0.717) is 6.42 Å². The average Bonchev–Trinajstić information content (AvgIpc) is 2.53. The monoisotopic (exact) mass is 226 g/mol. The number of rotatable bonds is 1. The summed E-state index contributed by atoms with van der Waals surface area (Å²) in [5, 5.41) is 12.2. The fraction of sp³-hybridized carbons (Fsp3) is 0.583. The SMILES string of the molecule is C=S1(=O)C=C[C@H]2[C@@H]1[C@H](C)C[C@]2(O)/C=C/C. The second-order valence-electron chi connectivity index (χ2n) is 4.77. The zero-order valence-electron chi connectivity index (χ0n) is 9.22. The number of hydrogen-bond donors (Lipinski definition) is 1. The molecule has 1 saturated carbocycles. The molecule has 2 aliphatic rings. The molecule has 0 radical (unpaired) electrons. The molecule has 0 bridgehead atoms. The third-order valence-corrected chi connectivity index (χ3v) is 5.87. The second-order valence-corrected chi connectivity index (χ2v) is 7.15. The third kappa shape index (κ3) is 1.49. The molecule has 2 rings (SSSR count). The summed E-state index contributed by atoms with van der Waals surface area (Å²) in [6, 6.07) is 0. The molecule has 1 unspecified atom stereocenters. The summed E-state index contributed by atoms with van der Waals surface area (Å²) in [6.07, 6.45) is 6.28. The summed E-state index contributed by atoms with van der Waals surface area (Å²) in [7, 11) is -2.14. The molecule has 0 aromatic carbocycles. The molecule has 15 heavy (non-hydrogen) atoms. The van der Waals surface area contributed by atoms with Crippen LogP contribution in [0.5, 0.6) is 0 Å². The maximum absolute atomic E-state index is 12.2. The Morgan fingerprint density at radius 1 is 1.67 bits per heavy atom. The summed E-state index contributed by atoms with van der Waals surface area (Å²) in [6.45, 7) is 3.95. The molecule has 2 nitrogen and oxygen atoms in total. The van der Waals surface area contributed by atoms with E-state index in [1.54, 1.807) is 5.41 Å². The van der Waals surface area contributed by atoms with Crippen molar-refractivity contribution < 1.29 is 9.32 Å². The van der Waals surface area contributed by atoms with E-state index in [0.717, 1.165) is 0 Å². The lowest BCUT2D eigenvalue weighted by molar-refractivity contribution is 0.0682. The van der Waals surface area contributed by atoms with Crippen molar-refractivity contribution in [2.45, 2.75) is 31.1 Å². The van der Waals surface area contributed by atoms with Gasteiger partial charge in [0.15, 0.2) is 0 Å². The van der Waals surface area contributed by atoms with E-state index in [-0.39, 0.29) is 17.1 Å². The summed E-state index contributed by atoms with van der Waals surface area (Å²) in [4.78, 5) is 0. The number of aliphatic hydroxyl groups is 1. The molecule has 1 aliphatic carbocycles. The molecule has 1 fully saturated rings. The Bertz CT molecular complexity index is 419. The molecule has 0 aromatic rings. The van der Waals surface area contributed by atoms with Crippen LogP contribution in [0.3, 0.4) is 0 Å². The Balaban J connectivity index is 2.44. The van der Waals surface area contributed by atoms with Gasteiger partial charge >= 0.3 is 0 Å². The van der Waals surface area contributed by atoms with Crippen molar-refractivity contribution in [1.82, 2.24) is 0 Å². The molecule has 3 heteroatoms. The Hall–Kier alpha value is -0.540. The van der Waals surface area contributed by atoms with E-state index >= 15 is 0 Å². The lowest BCUT2D eigenvalue weighted by Gasteiger charge is -2.24. The molecule has 0 spiro atoms. The van der Waals surface area contributed by atoms with E-state index in [2.05, 4.69) is 12.8 Å². The van der Waals surface area contributed by atoms with E-state index in [1.165, 1.54) is 0 Å². The number of fused-ring (bicyclic) bond motifs is 1. The van der Waals surface area contributed by atoms with Crippen molar-refractivity contribution in [3.63, 3.8) is 0 Å². The predicted molar refractivity (Wildman–Crippen MR) is 65.2 cm³/mol. The van der Waals surface area contributed by atoms with Gasteiger partial charge in [0.25, 0.3) is 0 Å². The first-order valence-electron chi connectivity index (χ1n) is 5.31. The smallest absolute Gasteiger partial charge is 0.0904 e. The van der Waals surface area contributed by atoms with Crippen LogP contribution >= 0.6 is 0 Å². The maximum Gasteiger partial charge on any atom is 0.0904 e. The normalized spacial score (nSPS) is 53.9. The quantitative estimate of drug-likeness (QED) is 0.544. The fourth-order valence-corrected chi connectivity index (χ4v) is 5.42. The van der Waals surface area contributed by atoms with Crippen molar-refractivity contribution in [2.24, 2.45) is 11.8 Å². The van der Waals surface area contributed by atoms with Crippen molar-refractivity contribution in [2.75, 3.05) is 0 Å². The predicted octanol–water partition coefficient (Wildman–Crippen LogP) is 1.56. The average molecular weight is 226 g/mol. The van der Waals surface area contributed by atoms with Gasteiger partial charge in [-0.15, -0.1) is 0 Å². The molecule has 0 saturated heterocycles. The van der Waals surface area contributed by atoms with Gasteiger partial charge in [0.1, 0.15) is 0 Å². The minimum Gasteiger partial charge on any atom is -0.385 e. The molecule has 0 amide bonds. The van der Waals surface area contributed by atoms with Crippen molar-refractivity contribution in [3.8, 4) is 0 Å². The van der Waals surface area contributed by atoms with Crippen LogP contribution < -0.4 is 0 Å². The Labute approximate surface area is 91.7 Å². The van der Waals surface area contributed by atoms with Gasteiger partial charge in [-0.2, -0.15) is 0 Å².